The van der Waals surface area contributed by atoms with E-state index in [9.17, 15) is 19.5 Å². The number of hydrogen-bond donors (Lipinski definition) is 6. The van der Waals surface area contributed by atoms with E-state index in [1.165, 1.54) is 22.9 Å². The number of carbonyl (C=O) groups excluding carboxylic acids is 2. The van der Waals surface area contributed by atoms with Crippen LogP contribution >= 0.6 is 11.8 Å². The van der Waals surface area contributed by atoms with Crippen molar-refractivity contribution >= 4 is 47.0 Å². The Bertz CT molecular complexity index is 1360. The molecule has 4 rings (SSSR count). The van der Waals surface area contributed by atoms with Gasteiger partial charge in [0, 0.05) is 31.4 Å². The van der Waals surface area contributed by atoms with Crippen LogP contribution in [0.2, 0.25) is 0 Å². The molecule has 8 N–H and O–H groups in total. The highest BCUT2D eigenvalue weighted by molar-refractivity contribution is 8.02. The summed E-state index contributed by atoms with van der Waals surface area (Å²) in [6, 6.07) is 2.45. The number of aryl methyl sites for hydroxylation is 1. The van der Waals surface area contributed by atoms with E-state index in [-0.39, 0.29) is 23.1 Å². The van der Waals surface area contributed by atoms with Gasteiger partial charge in [0.05, 0.1) is 17.4 Å². The van der Waals surface area contributed by atoms with Crippen molar-refractivity contribution in [2.45, 2.75) is 50.0 Å². The number of likely N-dealkylation sites (tertiary alicyclic amines) is 1. The van der Waals surface area contributed by atoms with E-state index in [1.54, 1.807) is 44.6 Å². The van der Waals surface area contributed by atoms with E-state index >= 15 is 0 Å². The van der Waals surface area contributed by atoms with Crippen LogP contribution in [0.3, 0.4) is 0 Å². The number of hydrogen-bond acceptors (Lipinski definition) is 13. The number of pyridine rings is 1. The second kappa shape index (κ2) is 13.1. The minimum absolute atomic E-state index is 0.226. The summed E-state index contributed by atoms with van der Waals surface area (Å²) in [6.45, 7) is 4.43. The number of β-lactam (4-membered cyclic amide) rings is 1. The predicted molar refractivity (Wildman–Crippen MR) is 154 cm³/mol. The lowest BCUT2D eigenvalue weighted by Gasteiger charge is -2.52. The predicted octanol–water partition coefficient (Wildman–Crippen LogP) is -0.269. The minimum atomic E-state index is -1.57. The minimum Gasteiger partial charge on any atom is -0.487 e. The van der Waals surface area contributed by atoms with Gasteiger partial charge in [0.15, 0.2) is 5.71 Å². The van der Waals surface area contributed by atoms with Gasteiger partial charge in [0.2, 0.25) is 11.9 Å². The summed E-state index contributed by atoms with van der Waals surface area (Å²) < 4.78 is 7.48. The van der Waals surface area contributed by atoms with Crippen molar-refractivity contribution in [3.8, 4) is 5.75 Å². The van der Waals surface area contributed by atoms with Gasteiger partial charge in [-0.05, 0) is 38.9 Å². The average Bonchev–Trinajstić information content (AvgIpc) is 3.60. The number of likely N-dealkylation sites (N-methyl/N-ethyl adjacent to an activating group) is 1. The van der Waals surface area contributed by atoms with Crippen LogP contribution in [0.5, 0.6) is 5.75 Å². The zero-order chi connectivity index (χ0) is 30.4. The molecule has 1 fully saturated rings. The fourth-order valence-electron chi connectivity index (χ4n) is 4.01. The Labute approximate surface area is 245 Å². The molecule has 0 radical (unpaired) electrons. The number of aliphatic carboxylic acids is 1. The summed E-state index contributed by atoms with van der Waals surface area (Å²) in [6.07, 6.45) is 4.13. The first kappa shape index (κ1) is 30.6. The van der Waals surface area contributed by atoms with Crippen LogP contribution < -0.4 is 32.2 Å². The van der Waals surface area contributed by atoms with Gasteiger partial charge in [-0.1, -0.05) is 16.9 Å². The number of ether oxygens (including phenoxy) is 1. The number of imidazole rings is 1. The molecule has 2 aromatic heterocycles. The Kier molecular flexibility index (Phi) is 9.54. The van der Waals surface area contributed by atoms with Crippen molar-refractivity contribution in [2.75, 3.05) is 25.5 Å². The number of carboxylic acids is 1. The fraction of sp³-hybridized carbons (Fsp3) is 0.440. The number of carbonyl (C=O) groups is 3. The van der Waals surface area contributed by atoms with Crippen molar-refractivity contribution in [3.63, 3.8) is 0 Å². The molecule has 3 atom stereocenters. The quantitative estimate of drug-likeness (QED) is 0.0931. The first-order chi connectivity index (χ1) is 20.0. The maximum Gasteiger partial charge on any atom is 0.351 e. The molecule has 0 bridgehead atoms. The Morgan fingerprint density at radius 3 is 2.74 bits per heavy atom. The molecule has 2 aliphatic rings. The molecule has 2 aromatic rings. The number of carboxylic acid groups (broad SMARTS) is 1. The van der Waals surface area contributed by atoms with Gasteiger partial charge in [0.1, 0.15) is 29.7 Å². The van der Waals surface area contributed by atoms with E-state index in [0.717, 1.165) is 6.42 Å². The largest absolute Gasteiger partial charge is 0.487 e. The molecule has 0 aromatic carbocycles. The molecule has 2 aliphatic heterocycles. The van der Waals surface area contributed by atoms with Crippen LogP contribution in [0.25, 0.3) is 0 Å². The third kappa shape index (κ3) is 6.92. The summed E-state index contributed by atoms with van der Waals surface area (Å²) in [7, 11) is 1.64. The van der Waals surface area contributed by atoms with E-state index in [0.29, 0.717) is 24.9 Å². The molecule has 42 heavy (non-hydrogen) atoms. The molecule has 2 amide bonds. The van der Waals surface area contributed by atoms with Gasteiger partial charge in [-0.2, -0.15) is 0 Å². The number of nitrogens with zero attached hydrogens (tertiary/aromatic N) is 5. The SMILES string of the molecule is CN1C(=O)[C@@H](NC(=O)/C(=N\O[C@H](COc2ccc(Nc3nccn3CCCN)nc2)C(=O)O)C2=CSC(N)N2)C1(C)C. The number of thioether (sulfide) groups is 1. The average molecular weight is 603 g/mol. The molecule has 17 heteroatoms. The second-order valence-electron chi connectivity index (χ2n) is 9.96. The van der Waals surface area contributed by atoms with E-state index in [1.807, 2.05) is 10.8 Å². The maximum atomic E-state index is 13.1. The highest BCUT2D eigenvalue weighted by Gasteiger charge is 2.53. The Hall–Kier alpha value is -4.35. The van der Waals surface area contributed by atoms with Crippen LogP contribution in [0.15, 0.2) is 47.0 Å². The molecule has 1 saturated heterocycles. The molecule has 16 nitrogen and oxygen atoms in total. The van der Waals surface area contributed by atoms with Crippen LogP contribution in [0, 0.1) is 0 Å². The Balaban J connectivity index is 1.39. The van der Waals surface area contributed by atoms with Gasteiger partial charge < -0.3 is 51.6 Å². The molecule has 1 unspecified atom stereocenters. The number of aromatic nitrogens is 3. The van der Waals surface area contributed by atoms with Crippen LogP contribution in [0.4, 0.5) is 11.8 Å². The summed E-state index contributed by atoms with van der Waals surface area (Å²) in [5, 5.41) is 23.7. The van der Waals surface area contributed by atoms with Crippen molar-refractivity contribution in [2.24, 2.45) is 16.6 Å². The molecular weight excluding hydrogens is 568 g/mol. The van der Waals surface area contributed by atoms with Gasteiger partial charge in [0.25, 0.3) is 12.0 Å². The molecule has 226 valence electrons. The summed E-state index contributed by atoms with van der Waals surface area (Å²) in [5.41, 5.74) is 10.2. The summed E-state index contributed by atoms with van der Waals surface area (Å²) >= 11 is 1.19. The van der Waals surface area contributed by atoms with Gasteiger partial charge in [-0.3, -0.25) is 9.59 Å². The Morgan fingerprint density at radius 1 is 1.33 bits per heavy atom. The number of amides is 2. The molecule has 0 spiro atoms. The third-order valence-corrected chi connectivity index (χ3v) is 7.55. The number of nitrogens with two attached hydrogens (primary N) is 2. The van der Waals surface area contributed by atoms with Crippen LogP contribution in [0.1, 0.15) is 20.3 Å². The van der Waals surface area contributed by atoms with Gasteiger partial charge in [-0.15, -0.1) is 0 Å². The van der Waals surface area contributed by atoms with Crippen molar-refractivity contribution < 1.29 is 29.1 Å². The zero-order valence-corrected chi connectivity index (χ0v) is 24.1. The monoisotopic (exact) mass is 602 g/mol. The lowest BCUT2D eigenvalue weighted by Crippen LogP contribution is -2.75. The molecule has 4 heterocycles. The zero-order valence-electron chi connectivity index (χ0n) is 23.3. The summed E-state index contributed by atoms with van der Waals surface area (Å²) in [5.74, 6) is -0.987. The fourth-order valence-corrected chi connectivity index (χ4v) is 4.67. The van der Waals surface area contributed by atoms with E-state index in [4.69, 9.17) is 21.0 Å². The van der Waals surface area contributed by atoms with Crippen molar-refractivity contribution in [1.82, 2.24) is 30.1 Å². The topological polar surface area (TPSA) is 224 Å². The second-order valence-corrected chi connectivity index (χ2v) is 11.0. The van der Waals surface area contributed by atoms with E-state index in [2.05, 4.69) is 31.1 Å². The van der Waals surface area contributed by atoms with Crippen molar-refractivity contribution in [1.29, 1.82) is 0 Å². The maximum absolute atomic E-state index is 13.1. The molecule has 0 saturated carbocycles. The molecular formula is C25H34N10O6S. The smallest absolute Gasteiger partial charge is 0.351 e. The van der Waals surface area contributed by atoms with Gasteiger partial charge >= 0.3 is 5.97 Å². The standard InChI is InChI=1S/C25H34N10O6S/c1-25(2)19(21(37)34(25)3)32-20(36)18(15-13-42-23(27)30-15)33-41-16(22(38)39)12-40-14-5-6-17(29-11-14)31-24-28-8-10-35(24)9-4-7-26/h5-6,8,10-11,13,16,19,23,30H,4,7,9,12,26-27H2,1-3H3,(H,32,36)(H,38,39)(H,28,29,31)/b33-18-/t16-,19-,23?/m1/s1. The van der Waals surface area contributed by atoms with Gasteiger partial charge in [-0.25, -0.2) is 14.8 Å². The number of anilines is 2. The lowest BCUT2D eigenvalue weighted by molar-refractivity contribution is -0.158. The Morgan fingerprint density at radius 2 is 2.12 bits per heavy atom. The number of oxime groups is 1. The van der Waals surface area contributed by atoms with Crippen molar-refractivity contribution in [3.05, 3.63) is 41.8 Å². The summed E-state index contributed by atoms with van der Waals surface area (Å²) in [4.78, 5) is 52.6. The number of rotatable bonds is 14. The third-order valence-electron chi connectivity index (χ3n) is 6.77. The number of nitrogens with one attached hydrogen (secondary N) is 3. The lowest BCUT2D eigenvalue weighted by atomic mass is 9.82. The molecule has 0 aliphatic carbocycles. The highest BCUT2D eigenvalue weighted by Crippen LogP contribution is 2.30. The first-order valence-corrected chi connectivity index (χ1v) is 14.0. The highest BCUT2D eigenvalue weighted by atomic mass is 32.2. The normalized spacial score (nSPS) is 20.2. The first-order valence-electron chi connectivity index (χ1n) is 13.0. The van der Waals surface area contributed by atoms with E-state index < -0.39 is 41.7 Å². The van der Waals surface area contributed by atoms with Crippen LogP contribution in [-0.2, 0) is 25.8 Å². The van der Waals surface area contributed by atoms with Crippen LogP contribution in [-0.4, -0.2) is 91.4 Å².